The molecule has 0 aromatic heterocycles. The fourth-order valence-electron chi connectivity index (χ4n) is 3.17. The van der Waals surface area contributed by atoms with E-state index in [2.05, 4.69) is 16.0 Å². The third kappa shape index (κ3) is 10.1. The van der Waals surface area contributed by atoms with Gasteiger partial charge in [0.25, 0.3) is 0 Å². The molecule has 0 aliphatic carbocycles. The summed E-state index contributed by atoms with van der Waals surface area (Å²) >= 11 is 0. The van der Waals surface area contributed by atoms with Crippen molar-refractivity contribution in [2.24, 2.45) is 17.4 Å². The second kappa shape index (κ2) is 14.7. The lowest BCUT2D eigenvalue weighted by Gasteiger charge is -2.26. The molecule has 5 atom stereocenters. The molecular formula is C23H35N5O7. The van der Waals surface area contributed by atoms with Gasteiger partial charge in [-0.2, -0.15) is 0 Å². The Morgan fingerprint density at radius 3 is 2.03 bits per heavy atom. The summed E-state index contributed by atoms with van der Waals surface area (Å²) in [5, 5.41) is 26.4. The van der Waals surface area contributed by atoms with Crippen molar-refractivity contribution in [1.29, 1.82) is 0 Å². The molecule has 1 aromatic rings. The van der Waals surface area contributed by atoms with Crippen molar-refractivity contribution in [3.63, 3.8) is 0 Å². The van der Waals surface area contributed by atoms with Crippen LogP contribution < -0.4 is 27.4 Å². The topological polar surface area (TPSA) is 214 Å². The Morgan fingerprint density at radius 1 is 0.943 bits per heavy atom. The first-order valence-electron chi connectivity index (χ1n) is 11.3. The van der Waals surface area contributed by atoms with Gasteiger partial charge in [-0.05, 0) is 17.9 Å². The number of aliphatic carboxylic acids is 1. The minimum absolute atomic E-state index is 0.0372. The number of hydrogen-bond donors (Lipinski definition) is 7. The third-order valence-corrected chi connectivity index (χ3v) is 5.55. The number of aliphatic hydroxyl groups is 1. The molecule has 0 saturated carbocycles. The van der Waals surface area contributed by atoms with Crippen molar-refractivity contribution in [2.75, 3.05) is 6.61 Å². The third-order valence-electron chi connectivity index (χ3n) is 5.55. The van der Waals surface area contributed by atoms with Gasteiger partial charge in [0.15, 0.2) is 0 Å². The Morgan fingerprint density at radius 2 is 1.51 bits per heavy atom. The summed E-state index contributed by atoms with van der Waals surface area (Å²) in [5.41, 5.74) is 11.4. The van der Waals surface area contributed by atoms with E-state index in [1.54, 1.807) is 44.2 Å². The molecule has 0 aliphatic rings. The van der Waals surface area contributed by atoms with Crippen LogP contribution in [0.2, 0.25) is 0 Å². The van der Waals surface area contributed by atoms with Gasteiger partial charge >= 0.3 is 5.97 Å². The minimum atomic E-state index is -1.43. The Balaban J connectivity index is 3.00. The number of hydrogen-bond acceptors (Lipinski definition) is 7. The summed E-state index contributed by atoms with van der Waals surface area (Å²) in [6.45, 7) is 2.69. The zero-order valence-electron chi connectivity index (χ0n) is 19.9. The van der Waals surface area contributed by atoms with Crippen LogP contribution in [0.5, 0.6) is 0 Å². The van der Waals surface area contributed by atoms with Gasteiger partial charge in [-0.15, -0.1) is 0 Å². The lowest BCUT2D eigenvalue weighted by Crippen LogP contribution is -2.59. The smallest absolute Gasteiger partial charge is 0.326 e. The van der Waals surface area contributed by atoms with E-state index in [-0.39, 0.29) is 25.2 Å². The highest BCUT2D eigenvalue weighted by Crippen LogP contribution is 2.10. The molecule has 12 heteroatoms. The number of nitrogens with one attached hydrogen (secondary N) is 3. The standard InChI is InChI=1S/C23H35N5O7/c1-3-13(2)19(23(34)35)28-21(32)16(11-14-7-5-4-6-8-14)26-22(33)17(12-29)27-20(31)15(24)9-10-18(25)30/h4-8,13,15-17,19,29H,3,9-12,24H2,1-2H3,(H2,25,30)(H,26,33)(H,27,31)(H,28,32)(H,34,35). The molecule has 35 heavy (non-hydrogen) atoms. The van der Waals surface area contributed by atoms with Crippen LogP contribution in [0.3, 0.4) is 0 Å². The van der Waals surface area contributed by atoms with Crippen LogP contribution in [-0.2, 0) is 30.4 Å². The molecule has 4 amide bonds. The number of benzene rings is 1. The zero-order chi connectivity index (χ0) is 26.5. The number of carboxylic acids is 1. The van der Waals surface area contributed by atoms with E-state index in [9.17, 15) is 34.2 Å². The fraction of sp³-hybridized carbons (Fsp3) is 0.522. The largest absolute Gasteiger partial charge is 0.480 e. The molecule has 9 N–H and O–H groups in total. The molecular weight excluding hydrogens is 458 g/mol. The van der Waals surface area contributed by atoms with Crippen LogP contribution in [0.4, 0.5) is 0 Å². The highest BCUT2D eigenvalue weighted by molar-refractivity contribution is 5.94. The van der Waals surface area contributed by atoms with Gasteiger partial charge in [-0.3, -0.25) is 19.2 Å². The Kier molecular flexibility index (Phi) is 12.4. The van der Waals surface area contributed by atoms with Crippen molar-refractivity contribution < 1.29 is 34.2 Å². The quantitative estimate of drug-likeness (QED) is 0.151. The SMILES string of the molecule is CCC(C)C(NC(=O)C(Cc1ccccc1)NC(=O)C(CO)NC(=O)C(N)CCC(N)=O)C(=O)O. The van der Waals surface area contributed by atoms with E-state index in [0.29, 0.717) is 12.0 Å². The normalized spacial score (nSPS) is 15.1. The average Bonchev–Trinajstić information content (AvgIpc) is 2.83. The number of primary amides is 1. The van der Waals surface area contributed by atoms with Crippen LogP contribution in [0.1, 0.15) is 38.7 Å². The van der Waals surface area contributed by atoms with E-state index < -0.39 is 60.4 Å². The van der Waals surface area contributed by atoms with E-state index >= 15 is 0 Å². The number of carbonyl (C=O) groups excluding carboxylic acids is 4. The fourth-order valence-corrected chi connectivity index (χ4v) is 3.17. The lowest BCUT2D eigenvalue weighted by atomic mass is 9.98. The molecule has 5 unspecified atom stereocenters. The Labute approximate surface area is 203 Å². The first kappa shape index (κ1) is 29.5. The maximum absolute atomic E-state index is 13.0. The molecule has 0 bridgehead atoms. The van der Waals surface area contributed by atoms with Crippen LogP contribution >= 0.6 is 0 Å². The predicted octanol–water partition coefficient (Wildman–Crippen LogP) is -1.60. The van der Waals surface area contributed by atoms with Gasteiger partial charge in [0.05, 0.1) is 12.6 Å². The van der Waals surface area contributed by atoms with Crippen molar-refractivity contribution in [2.45, 2.75) is 63.7 Å². The molecule has 12 nitrogen and oxygen atoms in total. The predicted molar refractivity (Wildman–Crippen MR) is 127 cm³/mol. The van der Waals surface area contributed by atoms with Crippen LogP contribution in [0.15, 0.2) is 30.3 Å². The lowest BCUT2D eigenvalue weighted by molar-refractivity contribution is -0.144. The molecule has 1 rings (SSSR count). The average molecular weight is 494 g/mol. The van der Waals surface area contributed by atoms with Gasteiger partial charge in [-0.1, -0.05) is 50.6 Å². The van der Waals surface area contributed by atoms with Crippen molar-refractivity contribution >= 4 is 29.6 Å². The maximum atomic E-state index is 13.0. The molecule has 0 aliphatic heterocycles. The number of carbonyl (C=O) groups is 5. The van der Waals surface area contributed by atoms with Crippen LogP contribution in [0.25, 0.3) is 0 Å². The van der Waals surface area contributed by atoms with Gasteiger partial charge in [0, 0.05) is 12.8 Å². The summed E-state index contributed by atoms with van der Waals surface area (Å²) < 4.78 is 0. The summed E-state index contributed by atoms with van der Waals surface area (Å²) in [5.74, 6) is -4.59. The Bertz CT molecular complexity index is 880. The molecule has 194 valence electrons. The zero-order valence-corrected chi connectivity index (χ0v) is 19.9. The first-order chi connectivity index (χ1) is 16.5. The van der Waals surface area contributed by atoms with Crippen LogP contribution in [0, 0.1) is 5.92 Å². The van der Waals surface area contributed by atoms with Crippen molar-refractivity contribution in [3.05, 3.63) is 35.9 Å². The number of aliphatic hydroxyl groups excluding tert-OH is 1. The molecule has 0 spiro atoms. The van der Waals surface area contributed by atoms with E-state index in [0.717, 1.165) is 0 Å². The molecule has 0 fully saturated rings. The second-order valence-electron chi connectivity index (χ2n) is 8.32. The summed E-state index contributed by atoms with van der Waals surface area (Å²) in [6, 6.07) is 3.81. The summed E-state index contributed by atoms with van der Waals surface area (Å²) in [6.07, 6.45) is 0.355. The van der Waals surface area contributed by atoms with E-state index in [4.69, 9.17) is 11.5 Å². The molecule has 0 saturated heterocycles. The number of nitrogens with two attached hydrogens (primary N) is 2. The summed E-state index contributed by atoms with van der Waals surface area (Å²) in [7, 11) is 0. The Hall–Kier alpha value is -3.51. The number of rotatable bonds is 15. The molecule has 1 aromatic carbocycles. The van der Waals surface area contributed by atoms with Gasteiger partial charge in [0.2, 0.25) is 23.6 Å². The van der Waals surface area contributed by atoms with Crippen LogP contribution in [-0.4, -0.2) is 70.6 Å². The first-order valence-corrected chi connectivity index (χ1v) is 11.3. The maximum Gasteiger partial charge on any atom is 0.326 e. The highest BCUT2D eigenvalue weighted by atomic mass is 16.4. The summed E-state index contributed by atoms with van der Waals surface area (Å²) in [4.78, 5) is 60.6. The van der Waals surface area contributed by atoms with E-state index in [1.165, 1.54) is 0 Å². The van der Waals surface area contributed by atoms with Crippen molar-refractivity contribution in [3.8, 4) is 0 Å². The monoisotopic (exact) mass is 493 g/mol. The second-order valence-corrected chi connectivity index (χ2v) is 8.32. The molecule has 0 heterocycles. The molecule has 0 radical (unpaired) electrons. The van der Waals surface area contributed by atoms with E-state index in [1.807, 2.05) is 0 Å². The highest BCUT2D eigenvalue weighted by Gasteiger charge is 2.32. The number of carboxylic acid groups (broad SMARTS) is 1. The van der Waals surface area contributed by atoms with Gasteiger partial charge in [-0.25, -0.2) is 4.79 Å². The van der Waals surface area contributed by atoms with Gasteiger partial charge < -0.3 is 37.6 Å². The number of amides is 4. The van der Waals surface area contributed by atoms with Gasteiger partial charge in [0.1, 0.15) is 18.1 Å². The van der Waals surface area contributed by atoms with Crippen molar-refractivity contribution in [1.82, 2.24) is 16.0 Å². The minimum Gasteiger partial charge on any atom is -0.480 e.